The predicted octanol–water partition coefficient (Wildman–Crippen LogP) is 3.53. The highest BCUT2D eigenvalue weighted by atomic mass is 15.2. The highest BCUT2D eigenvalue weighted by Gasteiger charge is 2.09. The van der Waals surface area contributed by atoms with Crippen molar-refractivity contribution in [1.82, 2.24) is 20.2 Å². The van der Waals surface area contributed by atoms with Crippen LogP contribution in [0.25, 0.3) is 0 Å². The summed E-state index contributed by atoms with van der Waals surface area (Å²) in [6.45, 7) is 10.4. The molecule has 1 aromatic carbocycles. The lowest BCUT2D eigenvalue weighted by Crippen LogP contribution is -2.38. The van der Waals surface area contributed by atoms with Gasteiger partial charge < -0.3 is 15.2 Å². The van der Waals surface area contributed by atoms with Crippen LogP contribution >= 0.6 is 0 Å². The van der Waals surface area contributed by atoms with Gasteiger partial charge in [0.2, 0.25) is 0 Å². The van der Waals surface area contributed by atoms with Crippen molar-refractivity contribution in [3.05, 3.63) is 53.6 Å². The molecule has 1 aromatic heterocycles. The maximum Gasteiger partial charge on any atom is 0.191 e. The van der Waals surface area contributed by atoms with E-state index in [1.165, 1.54) is 11.1 Å². The molecule has 0 fully saturated rings. The van der Waals surface area contributed by atoms with Gasteiger partial charge in [-0.15, -0.1) is 0 Å². The Morgan fingerprint density at radius 3 is 2.52 bits per heavy atom. The molecule has 25 heavy (non-hydrogen) atoms. The monoisotopic (exact) mass is 341 g/mol. The second kappa shape index (κ2) is 9.25. The van der Waals surface area contributed by atoms with Gasteiger partial charge in [0.1, 0.15) is 5.82 Å². The molecular formula is C20H31N5. The fourth-order valence-electron chi connectivity index (χ4n) is 2.75. The summed E-state index contributed by atoms with van der Waals surface area (Å²) < 4.78 is 2.19. The molecule has 0 saturated carbocycles. The van der Waals surface area contributed by atoms with Gasteiger partial charge in [0.25, 0.3) is 0 Å². The summed E-state index contributed by atoms with van der Waals surface area (Å²) in [7, 11) is 1.79. The maximum absolute atomic E-state index is 4.45. The number of aryl methyl sites for hydroxylation is 1. The van der Waals surface area contributed by atoms with E-state index in [1.807, 2.05) is 12.4 Å². The number of guanidine groups is 1. The number of benzene rings is 1. The Hall–Kier alpha value is -2.30. The van der Waals surface area contributed by atoms with Gasteiger partial charge in [-0.3, -0.25) is 4.99 Å². The smallest absolute Gasteiger partial charge is 0.191 e. The molecule has 0 bridgehead atoms. The summed E-state index contributed by atoms with van der Waals surface area (Å²) in [5.74, 6) is 2.40. The first-order valence-corrected chi connectivity index (χ1v) is 9.09. The zero-order valence-corrected chi connectivity index (χ0v) is 16.1. The van der Waals surface area contributed by atoms with Gasteiger partial charge in [0.05, 0.1) is 12.6 Å². The molecule has 0 aliphatic rings. The van der Waals surface area contributed by atoms with Gasteiger partial charge in [-0.2, -0.15) is 0 Å². The van der Waals surface area contributed by atoms with Crippen LogP contribution in [0.1, 0.15) is 50.7 Å². The second-order valence-corrected chi connectivity index (χ2v) is 6.78. The van der Waals surface area contributed by atoms with E-state index in [2.05, 4.69) is 77.1 Å². The van der Waals surface area contributed by atoms with Crippen molar-refractivity contribution in [2.75, 3.05) is 7.05 Å². The highest BCUT2D eigenvalue weighted by Crippen LogP contribution is 2.13. The van der Waals surface area contributed by atoms with Crippen molar-refractivity contribution in [3.8, 4) is 0 Å². The molecule has 5 heteroatoms. The SMILES string of the molecule is CCc1ccc(C(C)NC(=NC)NCc2nccn2CC(C)C)cc1. The zero-order chi connectivity index (χ0) is 18.2. The molecule has 1 unspecified atom stereocenters. The third-order valence-electron chi connectivity index (χ3n) is 4.24. The Balaban J connectivity index is 1.93. The van der Waals surface area contributed by atoms with E-state index in [1.54, 1.807) is 7.05 Å². The van der Waals surface area contributed by atoms with Crippen LogP contribution < -0.4 is 10.6 Å². The minimum atomic E-state index is 0.188. The minimum absolute atomic E-state index is 0.188. The number of hydrogen-bond acceptors (Lipinski definition) is 2. The van der Waals surface area contributed by atoms with Crippen LogP contribution in [0.3, 0.4) is 0 Å². The van der Waals surface area contributed by atoms with Gasteiger partial charge in [0.15, 0.2) is 5.96 Å². The lowest BCUT2D eigenvalue weighted by molar-refractivity contribution is 0.503. The number of imidazole rings is 1. The van der Waals surface area contributed by atoms with Crippen LogP contribution in [0.5, 0.6) is 0 Å². The van der Waals surface area contributed by atoms with E-state index >= 15 is 0 Å². The van der Waals surface area contributed by atoms with Crippen LogP contribution in [0.15, 0.2) is 41.7 Å². The average molecular weight is 342 g/mol. The Bertz CT molecular complexity index is 670. The van der Waals surface area contributed by atoms with Crippen LogP contribution in [-0.2, 0) is 19.5 Å². The van der Waals surface area contributed by atoms with E-state index in [0.717, 1.165) is 24.7 Å². The van der Waals surface area contributed by atoms with E-state index in [-0.39, 0.29) is 6.04 Å². The van der Waals surface area contributed by atoms with Crippen molar-refractivity contribution >= 4 is 5.96 Å². The average Bonchev–Trinajstić information content (AvgIpc) is 3.04. The van der Waals surface area contributed by atoms with Crippen molar-refractivity contribution in [2.45, 2.75) is 53.2 Å². The van der Waals surface area contributed by atoms with Gasteiger partial charge in [-0.25, -0.2) is 4.98 Å². The van der Waals surface area contributed by atoms with Crippen LogP contribution in [-0.4, -0.2) is 22.6 Å². The van der Waals surface area contributed by atoms with Gasteiger partial charge in [0, 0.05) is 26.0 Å². The fraction of sp³-hybridized carbons (Fsp3) is 0.500. The molecule has 1 heterocycles. The standard InChI is InChI=1S/C20H31N5/c1-6-17-7-9-18(10-8-17)16(4)24-20(21-5)23-13-19-22-11-12-25(19)14-15(2)3/h7-12,15-16H,6,13-14H2,1-5H3,(H2,21,23,24). The number of aromatic nitrogens is 2. The number of aliphatic imine (C=N–C) groups is 1. The van der Waals surface area contributed by atoms with E-state index in [0.29, 0.717) is 12.5 Å². The van der Waals surface area contributed by atoms with Gasteiger partial charge in [-0.05, 0) is 30.4 Å². The van der Waals surface area contributed by atoms with E-state index < -0.39 is 0 Å². The second-order valence-electron chi connectivity index (χ2n) is 6.78. The lowest BCUT2D eigenvalue weighted by Gasteiger charge is -2.19. The zero-order valence-electron chi connectivity index (χ0n) is 16.1. The van der Waals surface area contributed by atoms with E-state index in [4.69, 9.17) is 0 Å². The van der Waals surface area contributed by atoms with Crippen LogP contribution in [0.4, 0.5) is 0 Å². The molecule has 0 aliphatic heterocycles. The number of rotatable bonds is 7. The first-order chi connectivity index (χ1) is 12.0. The normalized spacial score (nSPS) is 13.1. The lowest BCUT2D eigenvalue weighted by atomic mass is 10.1. The van der Waals surface area contributed by atoms with E-state index in [9.17, 15) is 0 Å². The summed E-state index contributed by atoms with van der Waals surface area (Å²) in [6, 6.07) is 8.92. The highest BCUT2D eigenvalue weighted by molar-refractivity contribution is 5.80. The Kier molecular flexibility index (Phi) is 7.04. The van der Waals surface area contributed by atoms with Crippen LogP contribution in [0, 0.1) is 5.92 Å². The molecule has 136 valence electrons. The molecule has 0 aliphatic carbocycles. The molecular weight excluding hydrogens is 310 g/mol. The summed E-state index contributed by atoms with van der Waals surface area (Å²) >= 11 is 0. The van der Waals surface area contributed by atoms with Crippen molar-refractivity contribution in [1.29, 1.82) is 0 Å². The quantitative estimate of drug-likeness (QED) is 0.598. The van der Waals surface area contributed by atoms with Gasteiger partial charge >= 0.3 is 0 Å². The summed E-state index contributed by atoms with van der Waals surface area (Å²) in [4.78, 5) is 8.78. The minimum Gasteiger partial charge on any atom is -0.350 e. The molecule has 5 nitrogen and oxygen atoms in total. The Morgan fingerprint density at radius 2 is 1.92 bits per heavy atom. The molecule has 0 saturated heterocycles. The summed E-state index contributed by atoms with van der Waals surface area (Å²) in [6.07, 6.45) is 4.95. The molecule has 0 radical (unpaired) electrons. The van der Waals surface area contributed by atoms with Crippen molar-refractivity contribution < 1.29 is 0 Å². The first kappa shape index (κ1) is 19.0. The molecule has 0 spiro atoms. The molecule has 0 amide bonds. The van der Waals surface area contributed by atoms with Crippen molar-refractivity contribution in [3.63, 3.8) is 0 Å². The topological polar surface area (TPSA) is 54.2 Å². The first-order valence-electron chi connectivity index (χ1n) is 9.09. The summed E-state index contributed by atoms with van der Waals surface area (Å²) in [5, 5.41) is 6.81. The summed E-state index contributed by atoms with van der Waals surface area (Å²) in [5.41, 5.74) is 2.61. The molecule has 2 aromatic rings. The molecule has 2 N–H and O–H groups in total. The van der Waals surface area contributed by atoms with Crippen LogP contribution in [0.2, 0.25) is 0 Å². The Morgan fingerprint density at radius 1 is 1.20 bits per heavy atom. The Labute approximate surface area is 151 Å². The largest absolute Gasteiger partial charge is 0.350 e. The number of hydrogen-bond donors (Lipinski definition) is 2. The fourth-order valence-corrected chi connectivity index (χ4v) is 2.75. The molecule has 1 atom stereocenters. The third-order valence-corrected chi connectivity index (χ3v) is 4.24. The maximum atomic E-state index is 4.45. The molecule has 2 rings (SSSR count). The third kappa shape index (κ3) is 5.62. The number of nitrogens with zero attached hydrogens (tertiary/aromatic N) is 3. The van der Waals surface area contributed by atoms with Crippen molar-refractivity contribution in [2.24, 2.45) is 10.9 Å². The van der Waals surface area contributed by atoms with Gasteiger partial charge in [-0.1, -0.05) is 45.0 Å². The predicted molar refractivity (Wildman–Crippen MR) is 105 cm³/mol. The number of nitrogens with one attached hydrogen (secondary N) is 2.